The number of nitrogens with zero attached hydrogens (tertiary/aromatic N) is 2. The van der Waals surface area contributed by atoms with E-state index >= 15 is 0 Å². The highest BCUT2D eigenvalue weighted by molar-refractivity contribution is 6.48. The van der Waals surface area contributed by atoms with Crippen molar-refractivity contribution in [3.8, 4) is 0 Å². The first-order valence-corrected chi connectivity index (χ1v) is 14.0. The Labute approximate surface area is 204 Å². The number of carbonyl (C=O) groups is 3. The van der Waals surface area contributed by atoms with E-state index in [-0.39, 0.29) is 36.3 Å². The first-order chi connectivity index (χ1) is 15.9. The summed E-state index contributed by atoms with van der Waals surface area (Å²) in [7, 11) is -1.23. The van der Waals surface area contributed by atoms with Crippen LogP contribution in [0.4, 0.5) is 4.79 Å². The topological polar surface area (TPSA) is 76.2 Å². The molecule has 0 aliphatic carbocycles. The summed E-state index contributed by atoms with van der Waals surface area (Å²) < 4.78 is 11.9. The van der Waals surface area contributed by atoms with Gasteiger partial charge in [0.05, 0.1) is 17.7 Å². The van der Waals surface area contributed by atoms with E-state index in [1.807, 2.05) is 26.1 Å². The van der Waals surface area contributed by atoms with E-state index in [4.69, 9.17) is 9.16 Å². The van der Waals surface area contributed by atoms with Gasteiger partial charge in [0.1, 0.15) is 6.61 Å². The molecule has 1 aromatic carbocycles. The Morgan fingerprint density at radius 1 is 1.21 bits per heavy atom. The molecule has 2 atom stereocenters. The Hall–Kier alpha value is -2.71. The Morgan fingerprint density at radius 3 is 2.29 bits per heavy atom. The highest BCUT2D eigenvalue weighted by Crippen LogP contribution is 2.45. The Balaban J connectivity index is 1.96. The standard InChI is InChI=1S/C26H35N2O5Si/c1-8-13-32-24(31)28-17-19(25(3,4)5)15-26(28,33-34(6)7)14-18(2)16-27-22(29)20-11-9-10-12-21(20)23(27)30/h8-12,14,19H,1,13,15-17H2,2-7H3/b18-14+/t19-,26+/m0/s1. The molecule has 2 aliphatic rings. The van der Waals surface area contributed by atoms with Crippen molar-refractivity contribution in [1.82, 2.24) is 9.80 Å². The van der Waals surface area contributed by atoms with Crippen LogP contribution in [0.2, 0.25) is 13.1 Å². The van der Waals surface area contributed by atoms with Gasteiger partial charge in [-0.2, -0.15) is 0 Å². The number of benzene rings is 1. The van der Waals surface area contributed by atoms with Gasteiger partial charge in [0.2, 0.25) is 9.04 Å². The molecule has 2 aliphatic heterocycles. The third kappa shape index (κ3) is 5.18. The molecule has 0 unspecified atom stereocenters. The summed E-state index contributed by atoms with van der Waals surface area (Å²) in [4.78, 5) is 41.7. The molecule has 7 nitrogen and oxygen atoms in total. The molecule has 0 spiro atoms. The average Bonchev–Trinajstić information content (AvgIpc) is 3.23. The summed E-state index contributed by atoms with van der Waals surface area (Å²) in [6, 6.07) is 6.85. The van der Waals surface area contributed by atoms with E-state index in [0.717, 1.165) is 5.57 Å². The summed E-state index contributed by atoms with van der Waals surface area (Å²) >= 11 is 0. The minimum Gasteiger partial charge on any atom is -0.445 e. The fraction of sp³-hybridized carbons (Fsp3) is 0.500. The number of likely N-dealkylation sites (tertiary alicyclic amines) is 1. The Morgan fingerprint density at radius 2 is 1.79 bits per heavy atom. The zero-order valence-corrected chi connectivity index (χ0v) is 22.0. The van der Waals surface area contributed by atoms with Crippen molar-refractivity contribution in [2.24, 2.45) is 11.3 Å². The summed E-state index contributed by atoms with van der Waals surface area (Å²) in [5, 5.41) is 0. The van der Waals surface area contributed by atoms with Gasteiger partial charge in [0.15, 0.2) is 5.72 Å². The highest BCUT2D eigenvalue weighted by Gasteiger charge is 2.52. The van der Waals surface area contributed by atoms with E-state index in [1.54, 1.807) is 29.2 Å². The fourth-order valence-electron chi connectivity index (χ4n) is 4.60. The number of carbonyl (C=O) groups excluding carboxylic acids is 3. The van der Waals surface area contributed by atoms with Crippen molar-refractivity contribution < 1.29 is 23.5 Å². The molecule has 1 radical (unpaired) electrons. The van der Waals surface area contributed by atoms with E-state index in [2.05, 4.69) is 27.4 Å². The van der Waals surface area contributed by atoms with Gasteiger partial charge in [-0.05, 0) is 49.6 Å². The van der Waals surface area contributed by atoms with Crippen LogP contribution >= 0.6 is 0 Å². The van der Waals surface area contributed by atoms with Crippen molar-refractivity contribution in [1.29, 1.82) is 0 Å². The lowest BCUT2D eigenvalue weighted by molar-refractivity contribution is -0.0139. The largest absolute Gasteiger partial charge is 0.445 e. The number of amides is 3. The lowest BCUT2D eigenvalue weighted by Crippen LogP contribution is -2.50. The zero-order chi connectivity index (χ0) is 25.3. The van der Waals surface area contributed by atoms with E-state index in [1.165, 1.54) is 11.0 Å². The summed E-state index contributed by atoms with van der Waals surface area (Å²) in [5.41, 5.74) is 0.551. The number of ether oxygens (including phenoxy) is 1. The van der Waals surface area contributed by atoms with Crippen LogP contribution in [-0.2, 0) is 9.16 Å². The summed E-state index contributed by atoms with van der Waals surface area (Å²) in [6.45, 7) is 16.7. The molecule has 8 heteroatoms. The maximum absolute atomic E-state index is 13.1. The normalized spacial score (nSPS) is 23.0. The van der Waals surface area contributed by atoms with Crippen molar-refractivity contribution >= 4 is 26.9 Å². The predicted octanol–water partition coefficient (Wildman–Crippen LogP) is 4.88. The number of rotatable bonds is 7. The molecule has 2 heterocycles. The quantitative estimate of drug-likeness (QED) is 0.314. The van der Waals surface area contributed by atoms with Crippen LogP contribution in [0, 0.1) is 11.3 Å². The molecule has 1 saturated heterocycles. The maximum atomic E-state index is 13.1. The van der Waals surface area contributed by atoms with Crippen LogP contribution in [0.5, 0.6) is 0 Å². The summed E-state index contributed by atoms with van der Waals surface area (Å²) in [6.07, 6.45) is 3.60. The SMILES string of the molecule is C=CCOC(=O)N1C[C@@H](C(C)(C)C)C[C@@]1(/C=C(\C)CN1C(=O)c2ccccc2C1=O)O[Si](C)C. The van der Waals surface area contributed by atoms with Crippen LogP contribution in [-0.4, -0.2) is 62.2 Å². The number of hydrogen-bond acceptors (Lipinski definition) is 5. The van der Waals surface area contributed by atoms with Crippen LogP contribution in [0.15, 0.2) is 48.6 Å². The molecule has 0 N–H and O–H groups in total. The third-order valence-corrected chi connectivity index (χ3v) is 7.07. The van der Waals surface area contributed by atoms with Crippen molar-refractivity contribution in [3.05, 3.63) is 59.7 Å². The van der Waals surface area contributed by atoms with Gasteiger partial charge in [-0.1, -0.05) is 51.1 Å². The molecule has 1 aromatic rings. The highest BCUT2D eigenvalue weighted by atomic mass is 28.3. The molecule has 34 heavy (non-hydrogen) atoms. The average molecular weight is 484 g/mol. The molecule has 0 bridgehead atoms. The molecule has 3 rings (SSSR count). The smallest absolute Gasteiger partial charge is 0.412 e. The molecule has 3 amide bonds. The molecule has 183 valence electrons. The van der Waals surface area contributed by atoms with Crippen LogP contribution in [0.3, 0.4) is 0 Å². The lowest BCUT2D eigenvalue weighted by atomic mass is 9.79. The van der Waals surface area contributed by atoms with E-state index in [0.29, 0.717) is 24.1 Å². The van der Waals surface area contributed by atoms with Crippen LogP contribution < -0.4 is 0 Å². The molecular weight excluding hydrogens is 448 g/mol. The first kappa shape index (κ1) is 25.9. The monoisotopic (exact) mass is 483 g/mol. The summed E-state index contributed by atoms with van der Waals surface area (Å²) in [5.74, 6) is -0.436. The number of fused-ring (bicyclic) bond motifs is 1. The van der Waals surface area contributed by atoms with Crippen LogP contribution in [0.25, 0.3) is 0 Å². The fourth-order valence-corrected chi connectivity index (χ4v) is 5.56. The van der Waals surface area contributed by atoms with Crippen molar-refractivity contribution in [2.75, 3.05) is 19.7 Å². The van der Waals surface area contributed by atoms with Gasteiger partial charge in [0.25, 0.3) is 11.8 Å². The van der Waals surface area contributed by atoms with Gasteiger partial charge < -0.3 is 9.16 Å². The van der Waals surface area contributed by atoms with Crippen LogP contribution in [0.1, 0.15) is 54.8 Å². The number of hydrogen-bond donors (Lipinski definition) is 0. The molecule has 0 aromatic heterocycles. The number of imide groups is 1. The molecule has 0 saturated carbocycles. The van der Waals surface area contributed by atoms with Gasteiger partial charge in [-0.25, -0.2) is 4.79 Å². The lowest BCUT2D eigenvalue weighted by Gasteiger charge is -2.37. The zero-order valence-electron chi connectivity index (χ0n) is 21.0. The Bertz CT molecular complexity index is 978. The van der Waals surface area contributed by atoms with Gasteiger partial charge in [-0.15, -0.1) is 0 Å². The predicted molar refractivity (Wildman–Crippen MR) is 133 cm³/mol. The first-order valence-electron chi connectivity index (χ1n) is 11.6. The second kappa shape index (κ2) is 9.88. The molecular formula is C26H35N2O5Si. The second-order valence-corrected chi connectivity index (χ2v) is 12.4. The van der Waals surface area contributed by atoms with E-state index in [9.17, 15) is 14.4 Å². The third-order valence-electron chi connectivity index (χ3n) is 6.31. The Kier molecular flexibility index (Phi) is 7.52. The van der Waals surface area contributed by atoms with Gasteiger partial charge in [-0.3, -0.25) is 19.4 Å². The minimum absolute atomic E-state index is 0.0548. The maximum Gasteiger partial charge on any atom is 0.412 e. The van der Waals surface area contributed by atoms with E-state index < -0.39 is 20.9 Å². The second-order valence-electron chi connectivity index (χ2n) is 10.3. The van der Waals surface area contributed by atoms with Gasteiger partial charge in [0, 0.05) is 13.0 Å². The van der Waals surface area contributed by atoms with Crippen molar-refractivity contribution in [2.45, 2.75) is 52.9 Å². The minimum atomic E-state index is -1.23. The molecule has 1 fully saturated rings. The van der Waals surface area contributed by atoms with Crippen molar-refractivity contribution in [3.63, 3.8) is 0 Å². The van der Waals surface area contributed by atoms with Gasteiger partial charge >= 0.3 is 6.09 Å².